The lowest BCUT2D eigenvalue weighted by Crippen LogP contribution is -2.32. The molecule has 0 saturated heterocycles. The van der Waals surface area contributed by atoms with Crippen molar-refractivity contribution >= 4 is 11.9 Å². The highest BCUT2D eigenvalue weighted by Gasteiger charge is 2.11. The van der Waals surface area contributed by atoms with E-state index in [-0.39, 0.29) is 18.4 Å². The van der Waals surface area contributed by atoms with Gasteiger partial charge in [-0.25, -0.2) is 0 Å². The van der Waals surface area contributed by atoms with E-state index in [0.29, 0.717) is 24.3 Å². The van der Waals surface area contributed by atoms with Crippen molar-refractivity contribution in [3.05, 3.63) is 29.8 Å². The van der Waals surface area contributed by atoms with Crippen LogP contribution in [-0.2, 0) is 4.79 Å². The van der Waals surface area contributed by atoms with Crippen LogP contribution in [0.4, 0.5) is 0 Å². The standard InChI is InChI=1S/C14H19NO4/c1-3-19-12-6-4-5-11(9-12)14(18)15-10(2)7-8-13(16)17/h4-6,9-10H,3,7-8H2,1-2H3,(H,15,18)(H,16,17). The fraction of sp³-hybridized carbons (Fsp3) is 0.429. The number of benzene rings is 1. The third-order valence-electron chi connectivity index (χ3n) is 2.58. The molecule has 0 fully saturated rings. The second kappa shape index (κ2) is 7.41. The predicted octanol–water partition coefficient (Wildman–Crippen LogP) is 2.07. The van der Waals surface area contributed by atoms with Gasteiger partial charge in [0.05, 0.1) is 6.61 Å². The van der Waals surface area contributed by atoms with Crippen LogP contribution in [0.1, 0.15) is 37.0 Å². The zero-order valence-corrected chi connectivity index (χ0v) is 11.2. The van der Waals surface area contributed by atoms with E-state index in [1.54, 1.807) is 31.2 Å². The van der Waals surface area contributed by atoms with E-state index in [0.717, 1.165) is 0 Å². The molecule has 0 heterocycles. The number of hydrogen-bond donors (Lipinski definition) is 2. The lowest BCUT2D eigenvalue weighted by atomic mass is 10.1. The second-order valence-corrected chi connectivity index (χ2v) is 4.27. The predicted molar refractivity (Wildman–Crippen MR) is 71.4 cm³/mol. The van der Waals surface area contributed by atoms with Crippen LogP contribution >= 0.6 is 0 Å². The van der Waals surface area contributed by atoms with E-state index < -0.39 is 5.97 Å². The van der Waals surface area contributed by atoms with Crippen LogP contribution in [0.3, 0.4) is 0 Å². The van der Waals surface area contributed by atoms with Gasteiger partial charge in [-0.05, 0) is 38.5 Å². The number of rotatable bonds is 7. The molecule has 0 aliphatic heterocycles. The Balaban J connectivity index is 2.57. The molecule has 1 atom stereocenters. The van der Waals surface area contributed by atoms with E-state index in [4.69, 9.17) is 9.84 Å². The molecule has 104 valence electrons. The number of amides is 1. The van der Waals surface area contributed by atoms with Gasteiger partial charge >= 0.3 is 5.97 Å². The first-order valence-electron chi connectivity index (χ1n) is 6.28. The first kappa shape index (κ1) is 15.0. The van der Waals surface area contributed by atoms with Gasteiger partial charge in [0.2, 0.25) is 0 Å². The summed E-state index contributed by atoms with van der Waals surface area (Å²) in [5.74, 6) is -0.438. The first-order chi connectivity index (χ1) is 9.02. The van der Waals surface area contributed by atoms with Gasteiger partial charge in [0.15, 0.2) is 0 Å². The van der Waals surface area contributed by atoms with Crippen molar-refractivity contribution in [3.63, 3.8) is 0 Å². The molecule has 2 N–H and O–H groups in total. The molecule has 1 aromatic rings. The molecule has 19 heavy (non-hydrogen) atoms. The lowest BCUT2D eigenvalue weighted by molar-refractivity contribution is -0.137. The summed E-state index contributed by atoms with van der Waals surface area (Å²) in [5.41, 5.74) is 0.508. The van der Waals surface area contributed by atoms with Crippen LogP contribution < -0.4 is 10.1 Å². The van der Waals surface area contributed by atoms with Crippen LogP contribution in [0.2, 0.25) is 0 Å². The Hall–Kier alpha value is -2.04. The Bertz CT molecular complexity index is 445. The fourth-order valence-electron chi connectivity index (χ4n) is 1.61. The van der Waals surface area contributed by atoms with Gasteiger partial charge in [-0.2, -0.15) is 0 Å². The van der Waals surface area contributed by atoms with E-state index in [2.05, 4.69) is 5.32 Å². The molecular weight excluding hydrogens is 246 g/mol. The van der Waals surface area contributed by atoms with Crippen molar-refractivity contribution in [2.45, 2.75) is 32.7 Å². The van der Waals surface area contributed by atoms with E-state index in [1.807, 2.05) is 6.92 Å². The lowest BCUT2D eigenvalue weighted by Gasteiger charge is -2.13. The number of hydrogen-bond acceptors (Lipinski definition) is 3. The Kier molecular flexibility index (Phi) is 5.85. The average Bonchev–Trinajstić information content (AvgIpc) is 2.37. The topological polar surface area (TPSA) is 75.6 Å². The van der Waals surface area contributed by atoms with E-state index in [1.165, 1.54) is 0 Å². The summed E-state index contributed by atoms with van der Waals surface area (Å²) in [6, 6.07) is 6.72. The average molecular weight is 265 g/mol. The summed E-state index contributed by atoms with van der Waals surface area (Å²) in [7, 11) is 0. The number of ether oxygens (including phenoxy) is 1. The number of aliphatic carboxylic acids is 1. The van der Waals surface area contributed by atoms with Crippen molar-refractivity contribution in [1.29, 1.82) is 0 Å². The molecule has 1 aromatic carbocycles. The van der Waals surface area contributed by atoms with Crippen LogP contribution in [0.15, 0.2) is 24.3 Å². The fourth-order valence-corrected chi connectivity index (χ4v) is 1.61. The Morgan fingerprint density at radius 1 is 1.42 bits per heavy atom. The van der Waals surface area contributed by atoms with Crippen LogP contribution in [0, 0.1) is 0 Å². The van der Waals surface area contributed by atoms with Gasteiger partial charge in [-0.3, -0.25) is 9.59 Å². The highest BCUT2D eigenvalue weighted by molar-refractivity contribution is 5.94. The molecular formula is C14H19NO4. The summed E-state index contributed by atoms with van der Waals surface area (Å²) in [4.78, 5) is 22.4. The normalized spacial score (nSPS) is 11.7. The molecule has 5 heteroatoms. The van der Waals surface area contributed by atoms with Crippen LogP contribution in [0.25, 0.3) is 0 Å². The molecule has 0 saturated carbocycles. The Morgan fingerprint density at radius 3 is 2.79 bits per heavy atom. The quantitative estimate of drug-likeness (QED) is 0.791. The largest absolute Gasteiger partial charge is 0.494 e. The minimum atomic E-state index is -0.862. The summed E-state index contributed by atoms with van der Waals surface area (Å²) >= 11 is 0. The second-order valence-electron chi connectivity index (χ2n) is 4.27. The van der Waals surface area contributed by atoms with Crippen LogP contribution in [-0.4, -0.2) is 29.6 Å². The molecule has 5 nitrogen and oxygen atoms in total. The summed E-state index contributed by atoms with van der Waals surface area (Å²) in [6.45, 7) is 4.20. The number of carbonyl (C=O) groups excluding carboxylic acids is 1. The summed E-state index contributed by atoms with van der Waals surface area (Å²) < 4.78 is 5.32. The van der Waals surface area contributed by atoms with Crippen molar-refractivity contribution in [3.8, 4) is 5.75 Å². The maximum Gasteiger partial charge on any atom is 0.303 e. The van der Waals surface area contributed by atoms with Gasteiger partial charge < -0.3 is 15.2 Å². The van der Waals surface area contributed by atoms with Crippen molar-refractivity contribution in [1.82, 2.24) is 5.32 Å². The van der Waals surface area contributed by atoms with Gasteiger partial charge in [0.25, 0.3) is 5.91 Å². The van der Waals surface area contributed by atoms with Gasteiger partial charge in [-0.15, -0.1) is 0 Å². The van der Waals surface area contributed by atoms with E-state index in [9.17, 15) is 9.59 Å². The minimum Gasteiger partial charge on any atom is -0.494 e. The zero-order valence-electron chi connectivity index (χ0n) is 11.2. The van der Waals surface area contributed by atoms with Crippen molar-refractivity contribution in [2.75, 3.05) is 6.61 Å². The smallest absolute Gasteiger partial charge is 0.303 e. The third-order valence-corrected chi connectivity index (χ3v) is 2.58. The number of carboxylic acid groups (broad SMARTS) is 1. The Morgan fingerprint density at radius 2 is 2.16 bits per heavy atom. The first-order valence-corrected chi connectivity index (χ1v) is 6.28. The number of carbonyl (C=O) groups is 2. The van der Waals surface area contributed by atoms with Gasteiger partial charge in [0.1, 0.15) is 5.75 Å². The molecule has 0 aliphatic carbocycles. The molecule has 1 rings (SSSR count). The maximum absolute atomic E-state index is 11.9. The van der Waals surface area contributed by atoms with E-state index >= 15 is 0 Å². The van der Waals surface area contributed by atoms with Gasteiger partial charge in [-0.1, -0.05) is 6.07 Å². The van der Waals surface area contributed by atoms with Crippen molar-refractivity contribution in [2.24, 2.45) is 0 Å². The number of carboxylic acids is 1. The monoisotopic (exact) mass is 265 g/mol. The highest BCUT2D eigenvalue weighted by atomic mass is 16.5. The molecule has 0 aromatic heterocycles. The molecule has 1 amide bonds. The van der Waals surface area contributed by atoms with Crippen LogP contribution in [0.5, 0.6) is 5.75 Å². The molecule has 0 aliphatic rings. The van der Waals surface area contributed by atoms with Gasteiger partial charge in [0, 0.05) is 18.0 Å². The molecule has 0 radical (unpaired) electrons. The SMILES string of the molecule is CCOc1cccc(C(=O)NC(C)CCC(=O)O)c1. The zero-order chi connectivity index (χ0) is 14.3. The molecule has 1 unspecified atom stereocenters. The molecule has 0 spiro atoms. The highest BCUT2D eigenvalue weighted by Crippen LogP contribution is 2.13. The summed E-state index contributed by atoms with van der Waals surface area (Å²) in [5, 5.41) is 11.3. The number of nitrogens with one attached hydrogen (secondary N) is 1. The van der Waals surface area contributed by atoms with Crippen molar-refractivity contribution < 1.29 is 19.4 Å². The third kappa shape index (κ3) is 5.42. The summed E-state index contributed by atoms with van der Waals surface area (Å²) in [6.07, 6.45) is 0.451. The molecule has 0 bridgehead atoms. The Labute approximate surface area is 112 Å². The maximum atomic E-state index is 11.9. The minimum absolute atomic E-state index is 0.0421.